The van der Waals surface area contributed by atoms with Crippen molar-refractivity contribution < 1.29 is 19.4 Å². The van der Waals surface area contributed by atoms with Crippen LogP contribution in [0.4, 0.5) is 0 Å². The lowest BCUT2D eigenvalue weighted by Crippen LogP contribution is -2.42. The summed E-state index contributed by atoms with van der Waals surface area (Å²) in [6.45, 7) is 7.02. The summed E-state index contributed by atoms with van der Waals surface area (Å²) < 4.78 is 6.37. The summed E-state index contributed by atoms with van der Waals surface area (Å²) in [6, 6.07) is 5.11. The Kier molecular flexibility index (Phi) is 7.33. The van der Waals surface area contributed by atoms with Crippen LogP contribution in [0.25, 0.3) is 6.08 Å². The van der Waals surface area contributed by atoms with E-state index >= 15 is 0 Å². The number of carbonyl (C=O) groups is 2. The first-order valence-corrected chi connectivity index (χ1v) is 14.0. The molecule has 1 aromatic rings. The van der Waals surface area contributed by atoms with E-state index in [4.69, 9.17) is 16.3 Å². The van der Waals surface area contributed by atoms with E-state index in [0.717, 1.165) is 44.1 Å². The van der Waals surface area contributed by atoms with Gasteiger partial charge in [-0.25, -0.2) is 0 Å². The van der Waals surface area contributed by atoms with Gasteiger partial charge in [-0.3, -0.25) is 14.5 Å². The summed E-state index contributed by atoms with van der Waals surface area (Å²) in [5, 5.41) is 10.1. The van der Waals surface area contributed by atoms with E-state index in [1.165, 1.54) is 23.1 Å². The highest BCUT2D eigenvalue weighted by molar-refractivity contribution is 6.32. The van der Waals surface area contributed by atoms with E-state index < -0.39 is 0 Å². The van der Waals surface area contributed by atoms with E-state index in [9.17, 15) is 14.7 Å². The quantitative estimate of drug-likeness (QED) is 0.348. The first kappa shape index (κ1) is 25.5. The summed E-state index contributed by atoms with van der Waals surface area (Å²) in [6.07, 6.45) is 9.74. The number of rotatable bonds is 6. The number of likely N-dealkylation sites (tertiary alicyclic amines) is 1. The molecule has 3 fully saturated rings. The smallest absolute Gasteiger partial charge is 0.234 e. The topological polar surface area (TPSA) is 66.8 Å². The molecule has 194 valence electrons. The molecule has 0 bridgehead atoms. The van der Waals surface area contributed by atoms with Crippen LogP contribution in [0.15, 0.2) is 34.9 Å². The number of amides is 2. The highest BCUT2D eigenvalue weighted by Gasteiger charge is 2.58. The lowest BCUT2D eigenvalue weighted by atomic mass is 9.67. The van der Waals surface area contributed by atoms with Crippen LogP contribution in [-0.2, 0) is 14.3 Å². The standard InChI is InChI=1S/C30H38ClNO4/c1-17(2)22-15-23-28(30(35)32(29(23)34)20-7-5-4-6-8-20)24-16-36-26(27(22)24)12-9-18(3)13-19-10-11-21(33)14-25(19)31/h10-11,13-14,17,20,23-24,26,28,33H,4-9,12,15-16H2,1-3H3/b18-13+/t23-,24+,26-,28-/m1/s1. The maximum absolute atomic E-state index is 13.7. The number of nitrogens with zero attached hydrogens (tertiary/aromatic N) is 1. The maximum Gasteiger partial charge on any atom is 0.234 e. The number of ether oxygens (including phenoxy) is 1. The normalized spacial score (nSPS) is 29.4. The second-order valence-corrected chi connectivity index (χ2v) is 11.9. The monoisotopic (exact) mass is 511 g/mol. The molecule has 0 unspecified atom stereocenters. The highest BCUT2D eigenvalue weighted by atomic mass is 35.5. The summed E-state index contributed by atoms with van der Waals surface area (Å²) >= 11 is 6.29. The van der Waals surface area contributed by atoms with Crippen molar-refractivity contribution >= 4 is 29.5 Å². The molecule has 4 aliphatic rings. The number of hydrogen-bond donors (Lipinski definition) is 1. The Labute approximate surface area is 219 Å². The van der Waals surface area contributed by atoms with Crippen LogP contribution in [0.5, 0.6) is 5.75 Å². The SMILES string of the molecule is C/C(=C\c1ccc(O)cc1Cl)CC[C@H]1OC[C@H]2C1=C(C(C)C)C[C@H]1C(=O)N(C3CCCCC3)C(=O)[C@H]12. The van der Waals surface area contributed by atoms with E-state index in [1.807, 2.05) is 6.07 Å². The zero-order chi connectivity index (χ0) is 25.6. The molecule has 2 aliphatic carbocycles. The summed E-state index contributed by atoms with van der Waals surface area (Å²) in [7, 11) is 0. The average molecular weight is 512 g/mol. The molecule has 0 aromatic heterocycles. The first-order chi connectivity index (χ1) is 17.3. The Morgan fingerprint density at radius 3 is 2.61 bits per heavy atom. The second kappa shape index (κ2) is 10.3. The van der Waals surface area contributed by atoms with Crippen molar-refractivity contribution in [2.24, 2.45) is 23.7 Å². The number of hydrogen-bond acceptors (Lipinski definition) is 4. The maximum atomic E-state index is 13.7. The van der Waals surface area contributed by atoms with Gasteiger partial charge < -0.3 is 9.84 Å². The van der Waals surface area contributed by atoms with Gasteiger partial charge in [0, 0.05) is 12.0 Å². The molecule has 2 aliphatic heterocycles. The molecule has 36 heavy (non-hydrogen) atoms. The number of halogens is 1. The molecule has 1 N–H and O–H groups in total. The minimum absolute atomic E-state index is 0.0152. The van der Waals surface area contributed by atoms with Crippen molar-refractivity contribution in [2.75, 3.05) is 6.61 Å². The van der Waals surface area contributed by atoms with Gasteiger partial charge in [-0.2, -0.15) is 0 Å². The van der Waals surface area contributed by atoms with Crippen molar-refractivity contribution in [3.8, 4) is 5.75 Å². The summed E-state index contributed by atoms with van der Waals surface area (Å²) in [5.41, 5.74) is 4.70. The van der Waals surface area contributed by atoms with Gasteiger partial charge in [0.1, 0.15) is 5.75 Å². The molecule has 1 saturated carbocycles. The predicted molar refractivity (Wildman–Crippen MR) is 141 cm³/mol. The molecule has 2 amide bonds. The van der Waals surface area contributed by atoms with Crippen LogP contribution in [0, 0.1) is 23.7 Å². The molecular weight excluding hydrogens is 474 g/mol. The number of phenolic OH excluding ortho intramolecular Hbond substituents is 1. The van der Waals surface area contributed by atoms with Gasteiger partial charge in [-0.15, -0.1) is 0 Å². The van der Waals surface area contributed by atoms with Gasteiger partial charge in [0.05, 0.1) is 29.6 Å². The number of aromatic hydroxyl groups is 1. The average Bonchev–Trinajstić information content (AvgIpc) is 3.38. The van der Waals surface area contributed by atoms with E-state index in [1.54, 1.807) is 17.0 Å². The van der Waals surface area contributed by atoms with Gasteiger partial charge in [-0.1, -0.05) is 61.9 Å². The van der Waals surface area contributed by atoms with Crippen molar-refractivity contribution in [1.82, 2.24) is 4.90 Å². The van der Waals surface area contributed by atoms with Crippen LogP contribution in [0.1, 0.15) is 77.7 Å². The Morgan fingerprint density at radius 2 is 1.92 bits per heavy atom. The van der Waals surface area contributed by atoms with Crippen LogP contribution in [-0.4, -0.2) is 40.6 Å². The van der Waals surface area contributed by atoms with Crippen LogP contribution in [0.3, 0.4) is 0 Å². The summed E-state index contributed by atoms with van der Waals surface area (Å²) in [4.78, 5) is 28.9. The highest BCUT2D eigenvalue weighted by Crippen LogP contribution is 2.52. The Morgan fingerprint density at radius 1 is 1.17 bits per heavy atom. The molecular formula is C30H38ClNO4. The van der Waals surface area contributed by atoms with Gasteiger partial charge in [0.25, 0.3) is 0 Å². The fourth-order valence-electron chi connectivity index (χ4n) is 7.01. The van der Waals surface area contributed by atoms with E-state index in [0.29, 0.717) is 24.0 Å². The molecule has 5 nitrogen and oxygen atoms in total. The Bertz CT molecular complexity index is 1100. The lowest BCUT2D eigenvalue weighted by molar-refractivity contribution is -0.143. The number of fused-ring (bicyclic) bond motifs is 3. The minimum Gasteiger partial charge on any atom is -0.508 e. The Balaban J connectivity index is 1.35. The Hall–Kier alpha value is -2.11. The number of carbonyl (C=O) groups excluding carboxylic acids is 2. The van der Waals surface area contributed by atoms with Crippen molar-refractivity contribution in [3.05, 3.63) is 45.5 Å². The van der Waals surface area contributed by atoms with Gasteiger partial charge in [-0.05, 0) is 74.3 Å². The minimum atomic E-state index is -0.255. The molecule has 2 heterocycles. The van der Waals surface area contributed by atoms with Gasteiger partial charge >= 0.3 is 0 Å². The van der Waals surface area contributed by atoms with Crippen LogP contribution >= 0.6 is 11.6 Å². The van der Waals surface area contributed by atoms with E-state index in [2.05, 4.69) is 26.8 Å². The summed E-state index contributed by atoms with van der Waals surface area (Å²) in [5.74, 6) is 0.164. The number of imide groups is 1. The van der Waals surface area contributed by atoms with Crippen molar-refractivity contribution in [2.45, 2.75) is 84.3 Å². The molecule has 5 rings (SSSR count). The third-order valence-electron chi connectivity index (χ3n) is 8.80. The van der Waals surface area contributed by atoms with Crippen molar-refractivity contribution in [3.63, 3.8) is 0 Å². The van der Waals surface area contributed by atoms with Crippen LogP contribution in [0.2, 0.25) is 5.02 Å². The third kappa shape index (κ3) is 4.65. The van der Waals surface area contributed by atoms with Gasteiger partial charge in [0.15, 0.2) is 0 Å². The zero-order valence-corrected chi connectivity index (χ0v) is 22.4. The van der Waals surface area contributed by atoms with Crippen LogP contribution < -0.4 is 0 Å². The fourth-order valence-corrected chi connectivity index (χ4v) is 7.24. The van der Waals surface area contributed by atoms with E-state index in [-0.39, 0.29) is 47.5 Å². The van der Waals surface area contributed by atoms with Crippen molar-refractivity contribution in [1.29, 1.82) is 0 Å². The number of benzene rings is 1. The predicted octanol–water partition coefficient (Wildman–Crippen LogP) is 6.53. The molecule has 0 radical (unpaired) electrons. The first-order valence-electron chi connectivity index (χ1n) is 13.6. The third-order valence-corrected chi connectivity index (χ3v) is 9.13. The molecule has 6 heteroatoms. The number of phenols is 1. The molecule has 1 aromatic carbocycles. The molecule has 0 spiro atoms. The zero-order valence-electron chi connectivity index (χ0n) is 21.6. The fraction of sp³-hybridized carbons (Fsp3) is 0.600. The molecule has 4 atom stereocenters. The molecule has 2 saturated heterocycles. The number of allylic oxidation sites excluding steroid dienone is 2. The second-order valence-electron chi connectivity index (χ2n) is 11.5. The largest absolute Gasteiger partial charge is 0.508 e. The lowest BCUT2D eigenvalue weighted by Gasteiger charge is -2.33. The van der Waals surface area contributed by atoms with Gasteiger partial charge in [0.2, 0.25) is 11.8 Å².